The van der Waals surface area contributed by atoms with E-state index in [1.807, 2.05) is 16.7 Å². The van der Waals surface area contributed by atoms with Gasteiger partial charge in [-0.05, 0) is 19.8 Å². The fourth-order valence-electron chi connectivity index (χ4n) is 3.63. The van der Waals surface area contributed by atoms with E-state index in [-0.39, 0.29) is 22.9 Å². The summed E-state index contributed by atoms with van der Waals surface area (Å²) in [7, 11) is 0. The Labute approximate surface area is 157 Å². The SMILES string of the molecule is CCCCCCC(=O)N1CCC2(CC1)[NH2+][C@@H](C(=O)N[C@H](C)CC)CS2. The molecule has 5 nitrogen and oxygen atoms in total. The van der Waals surface area contributed by atoms with Gasteiger partial charge >= 0.3 is 0 Å². The molecule has 0 aromatic heterocycles. The molecule has 25 heavy (non-hydrogen) atoms. The van der Waals surface area contributed by atoms with E-state index in [0.717, 1.165) is 50.9 Å². The van der Waals surface area contributed by atoms with E-state index in [9.17, 15) is 9.59 Å². The van der Waals surface area contributed by atoms with Crippen molar-refractivity contribution in [3.8, 4) is 0 Å². The average Bonchev–Trinajstić information content (AvgIpc) is 3.03. The first kappa shape index (κ1) is 20.6. The summed E-state index contributed by atoms with van der Waals surface area (Å²) in [6.45, 7) is 8.03. The third kappa shape index (κ3) is 5.88. The van der Waals surface area contributed by atoms with Crippen LogP contribution in [0.2, 0.25) is 0 Å². The topological polar surface area (TPSA) is 66.0 Å². The first-order chi connectivity index (χ1) is 12.0. The molecule has 6 heteroatoms. The van der Waals surface area contributed by atoms with Gasteiger partial charge in [0.2, 0.25) is 5.91 Å². The smallest absolute Gasteiger partial charge is 0.279 e. The van der Waals surface area contributed by atoms with Crippen molar-refractivity contribution in [2.45, 2.75) is 89.1 Å². The molecule has 2 rings (SSSR count). The summed E-state index contributed by atoms with van der Waals surface area (Å²) in [5.74, 6) is 1.38. The molecule has 2 fully saturated rings. The highest BCUT2D eigenvalue weighted by Gasteiger charge is 2.48. The second-order valence-corrected chi connectivity index (χ2v) is 9.09. The summed E-state index contributed by atoms with van der Waals surface area (Å²) in [6.07, 6.45) is 8.26. The number of carbonyl (C=O) groups excluding carboxylic acids is 2. The molecule has 2 heterocycles. The van der Waals surface area contributed by atoms with E-state index in [1.165, 1.54) is 12.8 Å². The number of nitrogens with two attached hydrogens (primary N) is 1. The van der Waals surface area contributed by atoms with Crippen LogP contribution in [0.15, 0.2) is 0 Å². The van der Waals surface area contributed by atoms with Crippen molar-refractivity contribution in [2.75, 3.05) is 18.8 Å². The number of carbonyl (C=O) groups is 2. The van der Waals surface area contributed by atoms with Gasteiger partial charge in [-0.15, -0.1) is 0 Å². The third-order valence-corrected chi connectivity index (χ3v) is 7.24. The summed E-state index contributed by atoms with van der Waals surface area (Å²) in [5.41, 5.74) is 0. The summed E-state index contributed by atoms with van der Waals surface area (Å²) >= 11 is 1.92. The van der Waals surface area contributed by atoms with Gasteiger partial charge in [-0.1, -0.05) is 44.9 Å². The maximum absolute atomic E-state index is 12.4. The zero-order chi connectivity index (χ0) is 18.3. The highest BCUT2D eigenvalue weighted by molar-refractivity contribution is 8.00. The van der Waals surface area contributed by atoms with Crippen molar-refractivity contribution in [1.82, 2.24) is 10.2 Å². The van der Waals surface area contributed by atoms with E-state index in [2.05, 4.69) is 31.4 Å². The Morgan fingerprint density at radius 2 is 1.96 bits per heavy atom. The van der Waals surface area contributed by atoms with E-state index in [1.54, 1.807) is 0 Å². The molecule has 0 aromatic rings. The number of amides is 2. The molecule has 2 atom stereocenters. The predicted molar refractivity (Wildman–Crippen MR) is 103 cm³/mol. The average molecular weight is 371 g/mol. The predicted octanol–water partition coefficient (Wildman–Crippen LogP) is 1.87. The maximum Gasteiger partial charge on any atom is 0.279 e. The van der Waals surface area contributed by atoms with Crippen LogP contribution in [0.4, 0.5) is 0 Å². The molecular weight excluding hydrogens is 334 g/mol. The largest absolute Gasteiger partial charge is 0.348 e. The first-order valence-corrected chi connectivity index (χ1v) is 11.1. The number of nitrogens with one attached hydrogen (secondary N) is 1. The molecule has 2 amide bonds. The third-order valence-electron chi connectivity index (χ3n) is 5.60. The van der Waals surface area contributed by atoms with Crippen LogP contribution in [0, 0.1) is 0 Å². The molecule has 1 spiro atoms. The zero-order valence-electron chi connectivity index (χ0n) is 16.2. The van der Waals surface area contributed by atoms with E-state index < -0.39 is 0 Å². The summed E-state index contributed by atoms with van der Waals surface area (Å²) < 4.78 is 0. The molecule has 0 aliphatic carbocycles. The lowest BCUT2D eigenvalue weighted by molar-refractivity contribution is -0.714. The lowest BCUT2D eigenvalue weighted by Gasteiger charge is -2.36. The van der Waals surface area contributed by atoms with Crippen LogP contribution in [-0.2, 0) is 9.59 Å². The number of thioether (sulfide) groups is 1. The molecular formula is C19H36N3O2S+. The minimum Gasteiger partial charge on any atom is -0.348 e. The molecule has 0 bridgehead atoms. The van der Waals surface area contributed by atoms with Crippen molar-refractivity contribution >= 4 is 23.6 Å². The first-order valence-electron chi connectivity index (χ1n) is 10.1. The van der Waals surface area contributed by atoms with Gasteiger partial charge in [0, 0.05) is 38.4 Å². The Kier molecular flexibility index (Phi) is 8.07. The Morgan fingerprint density at radius 3 is 2.60 bits per heavy atom. The number of rotatable bonds is 8. The lowest BCUT2D eigenvalue weighted by atomic mass is 10.0. The van der Waals surface area contributed by atoms with Crippen LogP contribution >= 0.6 is 11.8 Å². The molecule has 2 aliphatic heterocycles. The highest BCUT2D eigenvalue weighted by atomic mass is 32.2. The molecule has 0 saturated carbocycles. The van der Waals surface area contributed by atoms with E-state index in [0.29, 0.717) is 12.3 Å². The van der Waals surface area contributed by atoms with Crippen LogP contribution in [0.5, 0.6) is 0 Å². The highest BCUT2D eigenvalue weighted by Crippen LogP contribution is 2.34. The van der Waals surface area contributed by atoms with Crippen LogP contribution in [-0.4, -0.2) is 52.5 Å². The number of piperidine rings is 1. The Hall–Kier alpha value is -0.750. The van der Waals surface area contributed by atoms with E-state index in [4.69, 9.17) is 0 Å². The molecule has 2 aliphatic rings. The second-order valence-electron chi connectivity index (χ2n) is 7.66. The van der Waals surface area contributed by atoms with Crippen LogP contribution in [0.3, 0.4) is 0 Å². The molecule has 144 valence electrons. The van der Waals surface area contributed by atoms with Gasteiger partial charge < -0.3 is 15.5 Å². The Morgan fingerprint density at radius 1 is 1.24 bits per heavy atom. The zero-order valence-corrected chi connectivity index (χ0v) is 17.0. The number of quaternary nitrogens is 1. The number of unbranched alkanes of at least 4 members (excludes halogenated alkanes) is 3. The fraction of sp³-hybridized carbons (Fsp3) is 0.895. The standard InChI is InChI=1S/C19H35N3O2S/c1-4-6-7-8-9-17(23)22-12-10-19(11-13-22)21-16(14-25-19)18(24)20-15(3)5-2/h15-16,21H,4-14H2,1-3H3,(H,20,24)/p+1/t15-,16-/m1/s1. The molecule has 3 N–H and O–H groups in total. The van der Waals surface area contributed by atoms with Crippen molar-refractivity contribution < 1.29 is 14.9 Å². The van der Waals surface area contributed by atoms with Gasteiger partial charge in [-0.2, -0.15) is 0 Å². The van der Waals surface area contributed by atoms with Gasteiger partial charge in [-0.25, -0.2) is 0 Å². The van der Waals surface area contributed by atoms with Crippen LogP contribution in [0.25, 0.3) is 0 Å². The van der Waals surface area contributed by atoms with Gasteiger partial charge in [0.15, 0.2) is 6.04 Å². The van der Waals surface area contributed by atoms with Gasteiger partial charge in [-0.3, -0.25) is 9.59 Å². The molecule has 0 aromatic carbocycles. The number of nitrogens with zero attached hydrogens (tertiary/aromatic N) is 1. The minimum atomic E-state index is 0.0234. The van der Waals surface area contributed by atoms with Gasteiger partial charge in [0.1, 0.15) is 4.87 Å². The normalized spacial score (nSPS) is 23.6. The van der Waals surface area contributed by atoms with Crippen molar-refractivity contribution in [2.24, 2.45) is 0 Å². The summed E-state index contributed by atoms with van der Waals surface area (Å²) in [5, 5.41) is 5.38. The number of likely N-dealkylation sites (tertiary alicyclic amines) is 1. The summed E-state index contributed by atoms with van der Waals surface area (Å²) in [4.78, 5) is 26.8. The fourth-order valence-corrected chi connectivity index (χ4v) is 5.12. The number of hydrogen-bond acceptors (Lipinski definition) is 3. The molecule has 2 saturated heterocycles. The monoisotopic (exact) mass is 370 g/mol. The van der Waals surface area contributed by atoms with E-state index >= 15 is 0 Å². The van der Waals surface area contributed by atoms with Crippen molar-refractivity contribution in [3.63, 3.8) is 0 Å². The quantitative estimate of drug-likeness (QED) is 0.641. The van der Waals surface area contributed by atoms with Gasteiger partial charge in [0.05, 0.1) is 5.75 Å². The summed E-state index contributed by atoms with van der Waals surface area (Å²) in [6, 6.07) is 0.268. The lowest BCUT2D eigenvalue weighted by Crippen LogP contribution is -3.00. The maximum atomic E-state index is 12.4. The number of hydrogen-bond donors (Lipinski definition) is 2. The molecule has 0 radical (unpaired) electrons. The van der Waals surface area contributed by atoms with Crippen molar-refractivity contribution in [1.29, 1.82) is 0 Å². The Balaban J connectivity index is 1.74. The molecule has 0 unspecified atom stereocenters. The van der Waals surface area contributed by atoms with Gasteiger partial charge in [0.25, 0.3) is 5.91 Å². The van der Waals surface area contributed by atoms with Crippen molar-refractivity contribution in [3.05, 3.63) is 0 Å². The minimum absolute atomic E-state index is 0.0234. The Bertz CT molecular complexity index is 450. The van der Waals surface area contributed by atoms with Crippen LogP contribution in [0.1, 0.15) is 72.1 Å². The second kappa shape index (κ2) is 9.81. The van der Waals surface area contributed by atoms with Crippen LogP contribution < -0.4 is 10.6 Å².